The Morgan fingerprint density at radius 1 is 1.36 bits per heavy atom. The number of nitrogens with one attached hydrogen (secondary N) is 2. The van der Waals surface area contributed by atoms with E-state index < -0.39 is 0 Å². The van der Waals surface area contributed by atoms with Gasteiger partial charge in [0.25, 0.3) is 0 Å². The molecule has 0 aromatic carbocycles. The van der Waals surface area contributed by atoms with Crippen LogP contribution in [0.15, 0.2) is 12.5 Å². The molecule has 3 heterocycles. The molecule has 1 saturated carbocycles. The third-order valence-corrected chi connectivity index (χ3v) is 4.73. The van der Waals surface area contributed by atoms with Crippen molar-refractivity contribution >= 4 is 22.8 Å². The molecule has 2 aromatic heterocycles. The van der Waals surface area contributed by atoms with E-state index >= 15 is 0 Å². The van der Waals surface area contributed by atoms with Gasteiger partial charge in [0.1, 0.15) is 17.8 Å². The summed E-state index contributed by atoms with van der Waals surface area (Å²) >= 11 is 0. The number of piperidine rings is 1. The Labute approximate surface area is 129 Å². The molecule has 1 aliphatic carbocycles. The number of likely N-dealkylation sites (tertiary alicyclic amines) is 1. The topological polar surface area (TPSA) is 73.9 Å². The fourth-order valence-corrected chi connectivity index (χ4v) is 3.39. The Balaban J connectivity index is 1.61. The van der Waals surface area contributed by atoms with Gasteiger partial charge in [0.2, 0.25) is 5.91 Å². The van der Waals surface area contributed by atoms with Crippen molar-refractivity contribution in [3.05, 3.63) is 18.1 Å². The second kappa shape index (κ2) is 5.26. The van der Waals surface area contributed by atoms with Crippen LogP contribution in [0.3, 0.4) is 0 Å². The van der Waals surface area contributed by atoms with Gasteiger partial charge in [-0.05, 0) is 37.2 Å². The lowest BCUT2D eigenvalue weighted by Gasteiger charge is -2.32. The minimum Gasteiger partial charge on any atom is -0.365 e. The molecule has 4 rings (SSSR count). The molecule has 1 amide bonds. The van der Waals surface area contributed by atoms with Crippen LogP contribution in [0.4, 0.5) is 5.82 Å². The normalized spacial score (nSPS) is 22.0. The molecule has 0 spiro atoms. The van der Waals surface area contributed by atoms with E-state index in [-0.39, 0.29) is 11.9 Å². The number of aromatic nitrogens is 3. The van der Waals surface area contributed by atoms with Crippen molar-refractivity contribution in [3.8, 4) is 0 Å². The minimum atomic E-state index is 0.152. The summed E-state index contributed by atoms with van der Waals surface area (Å²) in [7, 11) is 0. The second-order valence-corrected chi connectivity index (χ2v) is 6.41. The number of H-pyrrole nitrogens is 1. The molecule has 0 radical (unpaired) electrons. The quantitative estimate of drug-likeness (QED) is 0.911. The molecule has 0 unspecified atom stereocenters. The molecule has 1 saturated heterocycles. The van der Waals surface area contributed by atoms with Gasteiger partial charge in [-0.3, -0.25) is 4.79 Å². The van der Waals surface area contributed by atoms with Crippen molar-refractivity contribution in [2.45, 2.75) is 44.6 Å². The van der Waals surface area contributed by atoms with Crippen LogP contribution < -0.4 is 5.32 Å². The first kappa shape index (κ1) is 13.5. The number of carbonyl (C=O) groups excluding carboxylic acids is 1. The Bertz CT molecular complexity index is 706. The van der Waals surface area contributed by atoms with Crippen LogP contribution in [0.25, 0.3) is 11.0 Å². The smallest absolute Gasteiger partial charge is 0.219 e. The van der Waals surface area contributed by atoms with Gasteiger partial charge in [-0.15, -0.1) is 0 Å². The predicted molar refractivity (Wildman–Crippen MR) is 84.8 cm³/mol. The fourth-order valence-electron chi connectivity index (χ4n) is 3.39. The first-order valence-corrected chi connectivity index (χ1v) is 8.06. The number of hydrogen-bond donors (Lipinski definition) is 2. The molecule has 6 heteroatoms. The van der Waals surface area contributed by atoms with E-state index in [0.717, 1.165) is 42.8 Å². The van der Waals surface area contributed by atoms with Crippen LogP contribution in [0, 0.1) is 0 Å². The standard InChI is InChI=1S/C16H21N5O/c1-10(22)21-6-2-3-12(8-21)20-16-14-13(11-4-5-11)7-17-15(14)18-9-19-16/h7,9,11-12H,2-6,8H2,1H3,(H2,17,18,19,20)/t12-/m1/s1. The molecule has 116 valence electrons. The van der Waals surface area contributed by atoms with Crippen molar-refractivity contribution in [2.24, 2.45) is 0 Å². The molecular formula is C16H21N5O. The zero-order chi connectivity index (χ0) is 15.1. The first-order valence-electron chi connectivity index (χ1n) is 8.06. The Kier molecular flexibility index (Phi) is 3.24. The number of amides is 1. The van der Waals surface area contributed by atoms with Gasteiger partial charge >= 0.3 is 0 Å². The summed E-state index contributed by atoms with van der Waals surface area (Å²) in [5.41, 5.74) is 2.23. The van der Waals surface area contributed by atoms with Gasteiger partial charge in [0.15, 0.2) is 0 Å². The van der Waals surface area contributed by atoms with Crippen molar-refractivity contribution in [3.63, 3.8) is 0 Å². The van der Waals surface area contributed by atoms with Gasteiger partial charge in [-0.2, -0.15) is 0 Å². The van der Waals surface area contributed by atoms with E-state index in [9.17, 15) is 4.79 Å². The predicted octanol–water partition coefficient (Wildman–Crippen LogP) is 2.26. The van der Waals surface area contributed by atoms with Crippen LogP contribution in [-0.2, 0) is 4.79 Å². The molecular weight excluding hydrogens is 278 g/mol. The number of hydrogen-bond acceptors (Lipinski definition) is 4. The maximum atomic E-state index is 11.6. The summed E-state index contributed by atoms with van der Waals surface area (Å²) in [5.74, 6) is 1.71. The summed E-state index contributed by atoms with van der Waals surface area (Å²) in [6, 6.07) is 0.262. The highest BCUT2D eigenvalue weighted by Crippen LogP contribution is 2.44. The SMILES string of the molecule is CC(=O)N1CCC[C@@H](Nc2ncnc3[nH]cc(C4CC4)c23)C1. The van der Waals surface area contributed by atoms with E-state index in [1.165, 1.54) is 18.4 Å². The van der Waals surface area contributed by atoms with Crippen LogP contribution in [-0.4, -0.2) is 44.9 Å². The minimum absolute atomic E-state index is 0.152. The van der Waals surface area contributed by atoms with E-state index in [4.69, 9.17) is 0 Å². The summed E-state index contributed by atoms with van der Waals surface area (Å²) < 4.78 is 0. The lowest BCUT2D eigenvalue weighted by Crippen LogP contribution is -2.44. The van der Waals surface area contributed by atoms with Crippen LogP contribution in [0.5, 0.6) is 0 Å². The molecule has 2 aromatic rings. The molecule has 2 fully saturated rings. The highest BCUT2D eigenvalue weighted by molar-refractivity contribution is 5.91. The number of nitrogens with zero attached hydrogens (tertiary/aromatic N) is 3. The fraction of sp³-hybridized carbons (Fsp3) is 0.562. The van der Waals surface area contributed by atoms with Gasteiger partial charge in [0, 0.05) is 32.3 Å². The highest BCUT2D eigenvalue weighted by atomic mass is 16.2. The van der Waals surface area contributed by atoms with Crippen LogP contribution in [0.2, 0.25) is 0 Å². The average Bonchev–Trinajstić information content (AvgIpc) is 3.27. The zero-order valence-corrected chi connectivity index (χ0v) is 12.8. The maximum absolute atomic E-state index is 11.6. The van der Waals surface area contributed by atoms with Crippen molar-refractivity contribution < 1.29 is 4.79 Å². The molecule has 22 heavy (non-hydrogen) atoms. The number of carbonyl (C=O) groups is 1. The number of fused-ring (bicyclic) bond motifs is 1. The number of anilines is 1. The Morgan fingerprint density at radius 2 is 2.23 bits per heavy atom. The largest absolute Gasteiger partial charge is 0.365 e. The van der Waals surface area contributed by atoms with Crippen LogP contribution >= 0.6 is 0 Å². The van der Waals surface area contributed by atoms with E-state index in [0.29, 0.717) is 5.92 Å². The second-order valence-electron chi connectivity index (χ2n) is 6.41. The van der Waals surface area contributed by atoms with Gasteiger partial charge in [0.05, 0.1) is 5.39 Å². The Hall–Kier alpha value is -2.11. The van der Waals surface area contributed by atoms with Crippen LogP contribution in [0.1, 0.15) is 44.1 Å². The maximum Gasteiger partial charge on any atom is 0.219 e. The van der Waals surface area contributed by atoms with E-state index in [2.05, 4.69) is 26.5 Å². The summed E-state index contributed by atoms with van der Waals surface area (Å²) in [5, 5.41) is 4.68. The first-order chi connectivity index (χ1) is 10.7. The van der Waals surface area contributed by atoms with Gasteiger partial charge < -0.3 is 15.2 Å². The summed E-state index contributed by atoms with van der Waals surface area (Å²) in [4.78, 5) is 25.6. The third-order valence-electron chi connectivity index (χ3n) is 4.73. The monoisotopic (exact) mass is 299 g/mol. The highest BCUT2D eigenvalue weighted by Gasteiger charge is 2.29. The Morgan fingerprint density at radius 3 is 3.00 bits per heavy atom. The van der Waals surface area contributed by atoms with E-state index in [1.54, 1.807) is 13.3 Å². The molecule has 0 bridgehead atoms. The van der Waals surface area contributed by atoms with Crippen molar-refractivity contribution in [1.29, 1.82) is 0 Å². The molecule has 2 N–H and O–H groups in total. The molecule has 2 aliphatic rings. The summed E-state index contributed by atoms with van der Waals surface area (Å²) in [6.45, 7) is 3.26. The van der Waals surface area contributed by atoms with Gasteiger partial charge in [-0.25, -0.2) is 9.97 Å². The lowest BCUT2D eigenvalue weighted by molar-refractivity contribution is -0.129. The van der Waals surface area contributed by atoms with E-state index in [1.807, 2.05) is 4.90 Å². The molecule has 1 atom stereocenters. The van der Waals surface area contributed by atoms with Crippen molar-refractivity contribution in [2.75, 3.05) is 18.4 Å². The summed E-state index contributed by atoms with van der Waals surface area (Å²) in [6.07, 6.45) is 8.28. The average molecular weight is 299 g/mol. The molecule has 1 aliphatic heterocycles. The number of aromatic amines is 1. The lowest BCUT2D eigenvalue weighted by atomic mass is 10.1. The van der Waals surface area contributed by atoms with Crippen molar-refractivity contribution in [1.82, 2.24) is 19.9 Å². The molecule has 6 nitrogen and oxygen atoms in total. The zero-order valence-electron chi connectivity index (χ0n) is 12.8. The number of rotatable bonds is 3. The third kappa shape index (κ3) is 2.42. The van der Waals surface area contributed by atoms with Gasteiger partial charge in [-0.1, -0.05) is 0 Å².